The molecule has 92 valence electrons. The zero-order chi connectivity index (χ0) is 12.8. The summed E-state index contributed by atoms with van der Waals surface area (Å²) >= 11 is 0. The van der Waals surface area contributed by atoms with Gasteiger partial charge in [-0.1, -0.05) is 0 Å². The Labute approximate surface area is 97.8 Å². The van der Waals surface area contributed by atoms with Gasteiger partial charge >= 0.3 is 11.9 Å². The van der Waals surface area contributed by atoms with Crippen molar-refractivity contribution in [3.8, 4) is 5.75 Å². The van der Waals surface area contributed by atoms with Crippen molar-refractivity contribution in [2.24, 2.45) is 0 Å². The number of benzene rings is 1. The molecule has 0 aliphatic rings. The number of hydrogen-bond acceptors (Lipinski definition) is 4. The molecule has 0 amide bonds. The Morgan fingerprint density at radius 3 is 2.29 bits per heavy atom. The summed E-state index contributed by atoms with van der Waals surface area (Å²) in [5, 5.41) is 20.0. The van der Waals surface area contributed by atoms with Crippen LogP contribution >= 0.6 is 0 Å². The van der Waals surface area contributed by atoms with E-state index in [9.17, 15) is 9.59 Å². The van der Waals surface area contributed by atoms with Gasteiger partial charge in [-0.05, 0) is 24.3 Å². The minimum absolute atomic E-state index is 0.485. The number of nitrogens with one attached hydrogen (secondary N) is 1. The summed E-state index contributed by atoms with van der Waals surface area (Å²) in [6.07, 6.45) is -0.485. The molecule has 0 spiro atoms. The molecule has 0 heterocycles. The molecule has 0 saturated heterocycles. The van der Waals surface area contributed by atoms with Gasteiger partial charge < -0.3 is 20.3 Å². The summed E-state index contributed by atoms with van der Waals surface area (Å²) in [5.74, 6) is -1.73. The maximum absolute atomic E-state index is 10.8. The van der Waals surface area contributed by atoms with Crippen molar-refractivity contribution >= 4 is 17.6 Å². The molecule has 1 aromatic carbocycles. The van der Waals surface area contributed by atoms with Gasteiger partial charge in [-0.15, -0.1) is 0 Å². The Kier molecular flexibility index (Phi) is 4.33. The highest BCUT2D eigenvalue weighted by molar-refractivity contribution is 5.83. The molecule has 3 N–H and O–H groups in total. The molecule has 1 atom stereocenters. The summed E-state index contributed by atoms with van der Waals surface area (Å²) in [7, 11) is 1.52. The van der Waals surface area contributed by atoms with Crippen LogP contribution in [0.25, 0.3) is 0 Å². The lowest BCUT2D eigenvalue weighted by Crippen LogP contribution is -2.31. The first-order valence-corrected chi connectivity index (χ1v) is 4.88. The Hall–Kier alpha value is -2.24. The number of aliphatic carboxylic acids is 2. The van der Waals surface area contributed by atoms with Gasteiger partial charge in [0.25, 0.3) is 0 Å². The van der Waals surface area contributed by atoms with Crippen molar-refractivity contribution in [1.82, 2.24) is 0 Å². The highest BCUT2D eigenvalue weighted by Crippen LogP contribution is 2.16. The van der Waals surface area contributed by atoms with Crippen LogP contribution in [0.3, 0.4) is 0 Å². The predicted octanol–water partition coefficient (Wildman–Crippen LogP) is 1.03. The van der Waals surface area contributed by atoms with Gasteiger partial charge in [0.2, 0.25) is 0 Å². The third-order valence-corrected chi connectivity index (χ3v) is 2.11. The van der Waals surface area contributed by atoms with Gasteiger partial charge in [0, 0.05) is 5.69 Å². The summed E-state index contributed by atoms with van der Waals surface area (Å²) in [5.41, 5.74) is 0.527. The van der Waals surface area contributed by atoms with E-state index in [1.54, 1.807) is 24.3 Å². The highest BCUT2D eigenvalue weighted by Gasteiger charge is 2.20. The molecule has 0 bridgehead atoms. The van der Waals surface area contributed by atoms with Crippen LogP contribution in [-0.2, 0) is 9.59 Å². The Morgan fingerprint density at radius 1 is 1.29 bits per heavy atom. The smallest absolute Gasteiger partial charge is 0.326 e. The molecule has 0 aliphatic heterocycles. The normalized spacial score (nSPS) is 11.6. The molecular weight excluding hydrogens is 226 g/mol. The third kappa shape index (κ3) is 4.02. The van der Waals surface area contributed by atoms with E-state index in [2.05, 4.69) is 5.32 Å². The molecule has 0 aromatic heterocycles. The van der Waals surface area contributed by atoms with Crippen LogP contribution in [0.15, 0.2) is 24.3 Å². The van der Waals surface area contributed by atoms with Crippen molar-refractivity contribution in [2.45, 2.75) is 12.5 Å². The van der Waals surface area contributed by atoms with Crippen LogP contribution in [0, 0.1) is 0 Å². The molecule has 1 aromatic rings. The third-order valence-electron chi connectivity index (χ3n) is 2.11. The van der Waals surface area contributed by atoms with E-state index in [4.69, 9.17) is 14.9 Å². The van der Waals surface area contributed by atoms with Gasteiger partial charge in [-0.3, -0.25) is 4.79 Å². The molecule has 0 saturated carbocycles. The van der Waals surface area contributed by atoms with E-state index in [1.165, 1.54) is 7.11 Å². The molecule has 17 heavy (non-hydrogen) atoms. The van der Waals surface area contributed by atoms with Gasteiger partial charge in [-0.2, -0.15) is 0 Å². The summed E-state index contributed by atoms with van der Waals surface area (Å²) in [6.45, 7) is 0. The molecular formula is C11H13NO5. The fraction of sp³-hybridized carbons (Fsp3) is 0.273. The lowest BCUT2D eigenvalue weighted by molar-refractivity contribution is -0.144. The number of carboxylic acids is 2. The lowest BCUT2D eigenvalue weighted by Gasteiger charge is -2.13. The SMILES string of the molecule is COc1ccc(N[C@@H](CC(=O)O)C(=O)O)cc1. The molecule has 6 nitrogen and oxygen atoms in total. The molecule has 0 radical (unpaired) electrons. The first-order chi connectivity index (χ1) is 8.02. The Morgan fingerprint density at radius 2 is 1.88 bits per heavy atom. The number of carbonyl (C=O) groups is 2. The van der Waals surface area contributed by atoms with Crippen LogP contribution in [-0.4, -0.2) is 35.3 Å². The van der Waals surface area contributed by atoms with Crippen molar-refractivity contribution in [3.63, 3.8) is 0 Å². The highest BCUT2D eigenvalue weighted by atomic mass is 16.5. The summed E-state index contributed by atoms with van der Waals surface area (Å²) < 4.78 is 4.95. The molecule has 0 fully saturated rings. The van der Waals surface area contributed by atoms with Crippen molar-refractivity contribution < 1.29 is 24.5 Å². The standard InChI is InChI=1S/C11H13NO5/c1-17-8-4-2-7(3-5-8)12-9(11(15)16)6-10(13)14/h2-5,9,12H,6H2,1H3,(H,13,14)(H,15,16)/t9-/m0/s1. The summed E-state index contributed by atoms with van der Waals surface area (Å²) in [4.78, 5) is 21.3. The fourth-order valence-electron chi connectivity index (χ4n) is 1.26. The number of ether oxygens (including phenoxy) is 1. The van der Waals surface area contributed by atoms with Crippen molar-refractivity contribution in [3.05, 3.63) is 24.3 Å². The van der Waals surface area contributed by atoms with Gasteiger partial charge in [0.05, 0.1) is 13.5 Å². The zero-order valence-corrected chi connectivity index (χ0v) is 9.21. The first kappa shape index (κ1) is 12.8. The second-order valence-corrected chi connectivity index (χ2v) is 3.36. The van der Waals surface area contributed by atoms with Crippen LogP contribution in [0.2, 0.25) is 0 Å². The van der Waals surface area contributed by atoms with Crippen molar-refractivity contribution in [1.29, 1.82) is 0 Å². The molecule has 0 unspecified atom stereocenters. The predicted molar refractivity (Wildman–Crippen MR) is 60.3 cm³/mol. The quantitative estimate of drug-likeness (QED) is 0.686. The second kappa shape index (κ2) is 5.74. The largest absolute Gasteiger partial charge is 0.497 e. The van der Waals surface area contributed by atoms with Gasteiger partial charge in [0.15, 0.2) is 0 Å². The first-order valence-electron chi connectivity index (χ1n) is 4.88. The zero-order valence-electron chi connectivity index (χ0n) is 9.21. The van der Waals surface area contributed by atoms with Crippen LogP contribution in [0.4, 0.5) is 5.69 Å². The van der Waals surface area contributed by atoms with E-state index < -0.39 is 24.4 Å². The average Bonchev–Trinajstić information content (AvgIpc) is 2.28. The van der Waals surface area contributed by atoms with E-state index >= 15 is 0 Å². The minimum atomic E-state index is -1.21. The molecule has 1 rings (SSSR count). The van der Waals surface area contributed by atoms with E-state index in [0.29, 0.717) is 11.4 Å². The van der Waals surface area contributed by atoms with E-state index in [1.807, 2.05) is 0 Å². The number of hydrogen-bond donors (Lipinski definition) is 3. The molecule has 6 heteroatoms. The minimum Gasteiger partial charge on any atom is -0.497 e. The monoisotopic (exact) mass is 239 g/mol. The average molecular weight is 239 g/mol. The van der Waals surface area contributed by atoms with Crippen molar-refractivity contribution in [2.75, 3.05) is 12.4 Å². The van der Waals surface area contributed by atoms with E-state index in [0.717, 1.165) is 0 Å². The maximum atomic E-state index is 10.8. The Balaban J connectivity index is 2.71. The Bertz CT molecular complexity index is 401. The van der Waals surface area contributed by atoms with Gasteiger partial charge in [0.1, 0.15) is 11.8 Å². The number of methoxy groups -OCH3 is 1. The fourth-order valence-corrected chi connectivity index (χ4v) is 1.26. The number of anilines is 1. The van der Waals surface area contributed by atoms with Crippen LogP contribution < -0.4 is 10.1 Å². The summed E-state index contributed by atoms with van der Waals surface area (Å²) in [6, 6.07) is 5.40. The van der Waals surface area contributed by atoms with E-state index in [-0.39, 0.29) is 0 Å². The lowest BCUT2D eigenvalue weighted by atomic mass is 10.2. The van der Waals surface area contributed by atoms with Crippen LogP contribution in [0.1, 0.15) is 6.42 Å². The topological polar surface area (TPSA) is 95.9 Å². The number of rotatable bonds is 6. The second-order valence-electron chi connectivity index (χ2n) is 3.36. The van der Waals surface area contributed by atoms with Gasteiger partial charge in [-0.25, -0.2) is 4.79 Å². The maximum Gasteiger partial charge on any atom is 0.326 e. The molecule has 0 aliphatic carbocycles. The number of carboxylic acid groups (broad SMARTS) is 2. The van der Waals surface area contributed by atoms with Crippen LogP contribution in [0.5, 0.6) is 5.75 Å².